The maximum Gasteiger partial charge on any atom is 0.363 e. The zero-order valence-electron chi connectivity index (χ0n) is 13.3. The van der Waals surface area contributed by atoms with Crippen LogP contribution in [0.15, 0.2) is 24.3 Å². The van der Waals surface area contributed by atoms with E-state index in [9.17, 15) is 32.0 Å². The standard InChI is InChI=1S/C15H14FNO8S/c16-8-7-11(26(22,23)24)14(20)9-1-3-10(4-2-9)15(21)25-17-12(18)5-6-13(17)19/h1-4,11H,5-8H2,(H,22,23,24)/i16-1. The Labute approximate surface area is 147 Å². The summed E-state index contributed by atoms with van der Waals surface area (Å²) in [6, 6.07) is 4.39. The summed E-state index contributed by atoms with van der Waals surface area (Å²) in [7, 11) is -4.79. The minimum Gasteiger partial charge on any atom is -0.325 e. The Balaban J connectivity index is 2.14. The smallest absolute Gasteiger partial charge is 0.325 e. The highest BCUT2D eigenvalue weighted by Crippen LogP contribution is 2.17. The third-order valence-corrected chi connectivity index (χ3v) is 4.78. The van der Waals surface area contributed by atoms with Gasteiger partial charge in [-0.2, -0.15) is 8.42 Å². The molecule has 11 heteroatoms. The van der Waals surface area contributed by atoms with Gasteiger partial charge in [0.15, 0.2) is 11.0 Å². The fourth-order valence-corrected chi connectivity index (χ4v) is 3.06. The van der Waals surface area contributed by atoms with Gasteiger partial charge in [0.2, 0.25) is 0 Å². The molecular weight excluding hydrogens is 372 g/mol. The Bertz CT molecular complexity index is 833. The second kappa shape index (κ2) is 7.70. The zero-order chi connectivity index (χ0) is 19.5. The number of alkyl halides is 1. The first-order valence-corrected chi connectivity index (χ1v) is 8.90. The molecular formula is C15H14FNO8S. The van der Waals surface area contributed by atoms with Crippen LogP contribution < -0.4 is 0 Å². The van der Waals surface area contributed by atoms with Gasteiger partial charge in [0.25, 0.3) is 21.9 Å². The third-order valence-electron chi connectivity index (χ3n) is 3.61. The van der Waals surface area contributed by atoms with Gasteiger partial charge in [0.05, 0.1) is 12.2 Å². The third kappa shape index (κ3) is 4.29. The summed E-state index contributed by atoms with van der Waals surface area (Å²) < 4.78 is 43.8. The minimum absolute atomic E-state index is 0.0643. The van der Waals surface area contributed by atoms with Crippen LogP contribution in [0.3, 0.4) is 0 Å². The lowest BCUT2D eigenvalue weighted by Gasteiger charge is -2.13. The summed E-state index contributed by atoms with van der Waals surface area (Å²) in [6.07, 6.45) is -0.836. The first-order chi connectivity index (χ1) is 12.1. The predicted molar refractivity (Wildman–Crippen MR) is 83.2 cm³/mol. The van der Waals surface area contributed by atoms with Crippen molar-refractivity contribution in [3.05, 3.63) is 35.4 Å². The Hall–Kier alpha value is -2.66. The van der Waals surface area contributed by atoms with Gasteiger partial charge < -0.3 is 4.84 Å². The van der Waals surface area contributed by atoms with Crippen molar-refractivity contribution in [1.29, 1.82) is 0 Å². The average Bonchev–Trinajstić information content (AvgIpc) is 2.90. The minimum atomic E-state index is -4.79. The van der Waals surface area contributed by atoms with Gasteiger partial charge in [-0.25, -0.2) is 4.79 Å². The van der Waals surface area contributed by atoms with E-state index in [0.29, 0.717) is 5.06 Å². The van der Waals surface area contributed by atoms with Crippen LogP contribution in [-0.2, 0) is 24.5 Å². The molecule has 1 aliphatic rings. The first kappa shape index (κ1) is 19.7. The Morgan fingerprint density at radius 1 is 1.12 bits per heavy atom. The van der Waals surface area contributed by atoms with Crippen LogP contribution >= 0.6 is 0 Å². The number of halogens is 1. The number of carbonyl (C=O) groups is 4. The number of carbonyl (C=O) groups excluding carboxylic acids is 4. The van der Waals surface area contributed by atoms with Gasteiger partial charge in [0.1, 0.15) is 0 Å². The van der Waals surface area contributed by atoms with Gasteiger partial charge in [0, 0.05) is 24.8 Å². The lowest BCUT2D eigenvalue weighted by atomic mass is 10.0. The van der Waals surface area contributed by atoms with Crippen molar-refractivity contribution in [3.8, 4) is 0 Å². The topological polar surface area (TPSA) is 135 Å². The Morgan fingerprint density at radius 2 is 1.62 bits per heavy atom. The van der Waals surface area contributed by atoms with E-state index in [1.165, 1.54) is 0 Å². The molecule has 1 aliphatic heterocycles. The number of hydrogen-bond donors (Lipinski definition) is 1. The number of hydroxylamine groups is 2. The summed E-state index contributed by atoms with van der Waals surface area (Å²) in [6.45, 7) is -1.13. The predicted octanol–water partition coefficient (Wildman–Crippen LogP) is 0.706. The highest BCUT2D eigenvalue weighted by atomic mass is 32.2. The van der Waals surface area contributed by atoms with E-state index >= 15 is 0 Å². The molecule has 140 valence electrons. The monoisotopic (exact) mass is 386 g/mol. The molecule has 0 aromatic heterocycles. The number of ketones is 1. The van der Waals surface area contributed by atoms with Crippen molar-refractivity contribution >= 4 is 33.7 Å². The molecule has 0 radical (unpaired) electrons. The molecule has 26 heavy (non-hydrogen) atoms. The molecule has 0 spiro atoms. The van der Waals surface area contributed by atoms with E-state index in [0.717, 1.165) is 24.3 Å². The van der Waals surface area contributed by atoms with E-state index in [2.05, 4.69) is 4.84 Å². The second-order valence-electron chi connectivity index (χ2n) is 5.38. The van der Waals surface area contributed by atoms with Crippen molar-refractivity contribution in [3.63, 3.8) is 0 Å². The SMILES string of the molecule is O=C(ON1C(=O)CCC1=O)c1ccc(C(=O)C(CC[18F])S(=O)(=O)O)cc1. The van der Waals surface area contributed by atoms with E-state index in [-0.39, 0.29) is 24.0 Å². The van der Waals surface area contributed by atoms with Crippen molar-refractivity contribution in [2.75, 3.05) is 6.67 Å². The maximum absolute atomic E-state index is 12.4. The molecule has 1 atom stereocenters. The molecule has 2 rings (SSSR count). The van der Waals surface area contributed by atoms with E-state index in [1.807, 2.05) is 0 Å². The number of hydrogen-bond acceptors (Lipinski definition) is 7. The highest BCUT2D eigenvalue weighted by Gasteiger charge is 2.34. The van der Waals surface area contributed by atoms with E-state index < -0.39 is 52.0 Å². The van der Waals surface area contributed by atoms with Crippen LogP contribution in [0.4, 0.5) is 4.39 Å². The highest BCUT2D eigenvalue weighted by molar-refractivity contribution is 7.87. The van der Waals surface area contributed by atoms with E-state index in [1.54, 1.807) is 0 Å². The molecule has 1 saturated heterocycles. The van der Waals surface area contributed by atoms with E-state index in [4.69, 9.17) is 4.55 Å². The zero-order valence-corrected chi connectivity index (χ0v) is 14.1. The van der Waals surface area contributed by atoms with Crippen LogP contribution in [0.1, 0.15) is 40.0 Å². The molecule has 2 amide bonds. The summed E-state index contributed by atoms with van der Waals surface area (Å²) in [5.41, 5.74) is -0.283. The molecule has 1 N–H and O–H groups in total. The summed E-state index contributed by atoms with van der Waals surface area (Å²) in [5, 5.41) is -1.60. The number of Topliss-reactive ketones (excluding diaryl/α,β-unsaturated/α-hetero) is 1. The largest absolute Gasteiger partial charge is 0.363 e. The van der Waals surface area contributed by atoms with Crippen LogP contribution in [-0.4, -0.2) is 53.5 Å². The van der Waals surface area contributed by atoms with Gasteiger partial charge in [-0.3, -0.25) is 23.3 Å². The number of amides is 2. The van der Waals surface area contributed by atoms with Crippen molar-refractivity contribution in [1.82, 2.24) is 5.06 Å². The summed E-state index contributed by atoms with van der Waals surface area (Å²) >= 11 is 0. The lowest BCUT2D eigenvalue weighted by Crippen LogP contribution is -2.32. The molecule has 1 heterocycles. The van der Waals surface area contributed by atoms with Crippen molar-refractivity contribution in [2.45, 2.75) is 24.5 Å². The number of rotatable bonds is 7. The molecule has 1 aromatic carbocycles. The normalized spacial score (nSPS) is 15.8. The summed E-state index contributed by atoms with van der Waals surface area (Å²) in [4.78, 5) is 51.5. The quantitative estimate of drug-likeness (QED) is 0.411. The maximum atomic E-state index is 12.4. The van der Waals surface area contributed by atoms with Gasteiger partial charge in [-0.1, -0.05) is 12.1 Å². The fraction of sp³-hybridized carbons (Fsp3) is 0.333. The fourth-order valence-electron chi connectivity index (χ4n) is 2.26. The van der Waals surface area contributed by atoms with Crippen molar-refractivity contribution < 1.29 is 41.4 Å². The van der Waals surface area contributed by atoms with Gasteiger partial charge in [-0.15, -0.1) is 5.06 Å². The molecule has 1 unspecified atom stereocenters. The molecule has 1 fully saturated rings. The number of nitrogens with zero attached hydrogens (tertiary/aromatic N) is 1. The van der Waals surface area contributed by atoms with Crippen LogP contribution in [0, 0.1) is 0 Å². The van der Waals surface area contributed by atoms with Crippen LogP contribution in [0.25, 0.3) is 0 Å². The molecule has 0 aliphatic carbocycles. The van der Waals surface area contributed by atoms with Crippen molar-refractivity contribution in [2.24, 2.45) is 0 Å². The molecule has 0 saturated carbocycles. The molecule has 1 aromatic rings. The molecule has 0 bridgehead atoms. The second-order valence-corrected chi connectivity index (χ2v) is 6.98. The lowest BCUT2D eigenvalue weighted by molar-refractivity contribution is -0.172. The average molecular weight is 386 g/mol. The molecule has 9 nitrogen and oxygen atoms in total. The first-order valence-electron chi connectivity index (χ1n) is 7.39. The number of imide groups is 1. The van der Waals surface area contributed by atoms with Gasteiger partial charge in [-0.05, 0) is 12.1 Å². The van der Waals surface area contributed by atoms with Crippen LogP contribution in [0.2, 0.25) is 0 Å². The van der Waals surface area contributed by atoms with Crippen LogP contribution in [0.5, 0.6) is 0 Å². The Morgan fingerprint density at radius 3 is 2.08 bits per heavy atom. The summed E-state index contributed by atoms with van der Waals surface area (Å²) in [5.74, 6) is -3.37. The Kier molecular flexibility index (Phi) is 5.83. The number of benzene rings is 1. The van der Waals surface area contributed by atoms with Gasteiger partial charge >= 0.3 is 5.97 Å².